The number of piperazine rings is 1. The Balaban J connectivity index is 1.72. The van der Waals surface area contributed by atoms with E-state index in [-0.39, 0.29) is 6.04 Å². The Kier molecular flexibility index (Phi) is 5.60. The molecule has 0 aliphatic carbocycles. The maximum atomic E-state index is 4.66. The highest BCUT2D eigenvalue weighted by Crippen LogP contribution is 2.20. The predicted octanol–water partition coefficient (Wildman–Crippen LogP) is 2.12. The van der Waals surface area contributed by atoms with E-state index >= 15 is 0 Å². The predicted molar refractivity (Wildman–Crippen MR) is 101 cm³/mol. The van der Waals surface area contributed by atoms with Crippen LogP contribution in [-0.2, 0) is 6.54 Å². The lowest BCUT2D eigenvalue weighted by Gasteiger charge is -2.33. The van der Waals surface area contributed by atoms with Crippen LogP contribution in [0.4, 0.5) is 5.82 Å². The molecular weight excluding hydrogens is 312 g/mol. The molecule has 6 heteroatoms. The summed E-state index contributed by atoms with van der Waals surface area (Å²) in [4.78, 5) is 20.8. The van der Waals surface area contributed by atoms with E-state index in [9.17, 15) is 0 Å². The van der Waals surface area contributed by atoms with Crippen LogP contribution in [0, 0.1) is 6.92 Å². The second-order valence-corrected chi connectivity index (χ2v) is 6.90. The van der Waals surface area contributed by atoms with Gasteiger partial charge in [-0.1, -0.05) is 6.07 Å². The fourth-order valence-corrected chi connectivity index (χ4v) is 3.13. The Labute approximate surface area is 150 Å². The standard InChI is InChI=1S/C19H28N6/c1-15(18-7-5-6-8-20-18)24(4)14-17-13-19(22-16(2)21-17)25-11-9-23(3)10-12-25/h5-8,13,15H,9-12,14H2,1-4H3/t15-/m1/s1. The molecule has 3 rings (SSSR count). The van der Waals surface area contributed by atoms with Gasteiger partial charge in [0.15, 0.2) is 0 Å². The van der Waals surface area contributed by atoms with Crippen LogP contribution in [0.25, 0.3) is 0 Å². The van der Waals surface area contributed by atoms with E-state index in [0.717, 1.165) is 55.8 Å². The van der Waals surface area contributed by atoms with Crippen molar-refractivity contribution in [2.75, 3.05) is 45.2 Å². The van der Waals surface area contributed by atoms with Crippen molar-refractivity contribution in [3.8, 4) is 0 Å². The fourth-order valence-electron chi connectivity index (χ4n) is 3.13. The minimum atomic E-state index is 0.239. The van der Waals surface area contributed by atoms with Crippen molar-refractivity contribution in [1.82, 2.24) is 24.8 Å². The topological polar surface area (TPSA) is 48.4 Å². The molecule has 2 aromatic rings. The number of nitrogens with zero attached hydrogens (tertiary/aromatic N) is 6. The monoisotopic (exact) mass is 340 g/mol. The summed E-state index contributed by atoms with van der Waals surface area (Å²) in [5, 5.41) is 0. The van der Waals surface area contributed by atoms with Gasteiger partial charge < -0.3 is 9.80 Å². The molecule has 134 valence electrons. The fraction of sp³-hybridized carbons (Fsp3) is 0.526. The highest BCUT2D eigenvalue weighted by Gasteiger charge is 2.18. The minimum absolute atomic E-state index is 0.239. The molecular formula is C19H28N6. The van der Waals surface area contributed by atoms with E-state index in [1.54, 1.807) is 0 Å². The first-order valence-electron chi connectivity index (χ1n) is 8.92. The molecule has 0 radical (unpaired) electrons. The number of aromatic nitrogens is 3. The first kappa shape index (κ1) is 17.8. The molecule has 1 aliphatic rings. The third-order valence-corrected chi connectivity index (χ3v) is 4.89. The van der Waals surface area contributed by atoms with E-state index in [1.807, 2.05) is 25.3 Å². The summed E-state index contributed by atoms with van der Waals surface area (Å²) in [7, 11) is 4.29. The summed E-state index contributed by atoms with van der Waals surface area (Å²) in [6.07, 6.45) is 1.85. The van der Waals surface area contributed by atoms with Crippen LogP contribution in [0.15, 0.2) is 30.5 Å². The molecule has 0 spiro atoms. The van der Waals surface area contributed by atoms with Crippen LogP contribution < -0.4 is 4.90 Å². The number of rotatable bonds is 5. The van der Waals surface area contributed by atoms with Gasteiger partial charge in [-0.15, -0.1) is 0 Å². The third-order valence-electron chi connectivity index (χ3n) is 4.89. The van der Waals surface area contributed by atoms with Crippen molar-refractivity contribution < 1.29 is 0 Å². The van der Waals surface area contributed by atoms with Crippen LogP contribution in [0.2, 0.25) is 0 Å². The molecule has 1 fully saturated rings. The zero-order chi connectivity index (χ0) is 17.8. The highest BCUT2D eigenvalue weighted by atomic mass is 15.3. The number of pyridine rings is 1. The van der Waals surface area contributed by atoms with E-state index in [4.69, 9.17) is 0 Å². The third kappa shape index (κ3) is 4.52. The number of likely N-dealkylation sites (N-methyl/N-ethyl adjacent to an activating group) is 1. The molecule has 0 amide bonds. The molecule has 6 nitrogen and oxygen atoms in total. The van der Waals surface area contributed by atoms with Crippen LogP contribution >= 0.6 is 0 Å². The maximum Gasteiger partial charge on any atom is 0.132 e. The molecule has 1 saturated heterocycles. The van der Waals surface area contributed by atoms with Crippen molar-refractivity contribution in [2.45, 2.75) is 26.4 Å². The Morgan fingerprint density at radius 3 is 2.60 bits per heavy atom. The van der Waals surface area contributed by atoms with Crippen LogP contribution in [0.5, 0.6) is 0 Å². The average molecular weight is 340 g/mol. The summed E-state index contributed by atoms with van der Waals surface area (Å²) in [6, 6.07) is 8.44. The van der Waals surface area contributed by atoms with Crippen molar-refractivity contribution in [2.24, 2.45) is 0 Å². The highest BCUT2D eigenvalue weighted by molar-refractivity contribution is 5.40. The smallest absolute Gasteiger partial charge is 0.132 e. The zero-order valence-electron chi connectivity index (χ0n) is 15.7. The molecule has 2 aromatic heterocycles. The van der Waals surface area contributed by atoms with E-state index < -0.39 is 0 Å². The molecule has 0 N–H and O–H groups in total. The lowest BCUT2D eigenvalue weighted by Crippen LogP contribution is -2.45. The van der Waals surface area contributed by atoms with Crippen LogP contribution in [0.1, 0.15) is 30.2 Å². The van der Waals surface area contributed by atoms with E-state index in [2.05, 4.69) is 62.8 Å². The van der Waals surface area contributed by atoms with Crippen molar-refractivity contribution in [3.63, 3.8) is 0 Å². The van der Waals surface area contributed by atoms with E-state index in [0.29, 0.717) is 0 Å². The van der Waals surface area contributed by atoms with Crippen molar-refractivity contribution >= 4 is 5.82 Å². The summed E-state index contributed by atoms with van der Waals surface area (Å²) < 4.78 is 0. The van der Waals surface area contributed by atoms with Crippen LogP contribution in [-0.4, -0.2) is 65.0 Å². The van der Waals surface area contributed by atoms with E-state index in [1.165, 1.54) is 0 Å². The summed E-state index contributed by atoms with van der Waals surface area (Å²) in [5.41, 5.74) is 2.14. The molecule has 0 unspecified atom stereocenters. The lowest BCUT2D eigenvalue weighted by atomic mass is 10.2. The van der Waals surface area contributed by atoms with Gasteiger partial charge in [-0.25, -0.2) is 9.97 Å². The van der Waals surface area contributed by atoms with Gasteiger partial charge in [0.1, 0.15) is 11.6 Å². The second kappa shape index (κ2) is 7.89. The number of anilines is 1. The second-order valence-electron chi connectivity index (χ2n) is 6.90. The van der Waals surface area contributed by atoms with Gasteiger partial charge in [0.05, 0.1) is 11.4 Å². The Hall–Kier alpha value is -2.05. The van der Waals surface area contributed by atoms with Crippen LogP contribution in [0.3, 0.4) is 0 Å². The average Bonchev–Trinajstić information content (AvgIpc) is 2.62. The first-order valence-corrected chi connectivity index (χ1v) is 8.92. The molecule has 1 atom stereocenters. The number of hydrogen-bond donors (Lipinski definition) is 0. The Bertz CT molecular complexity index is 682. The lowest BCUT2D eigenvalue weighted by molar-refractivity contribution is 0.245. The largest absolute Gasteiger partial charge is 0.354 e. The van der Waals surface area contributed by atoms with Gasteiger partial charge in [0.2, 0.25) is 0 Å². The maximum absolute atomic E-state index is 4.66. The Morgan fingerprint density at radius 1 is 1.16 bits per heavy atom. The SMILES string of the molecule is Cc1nc(CN(C)[C@H](C)c2ccccn2)cc(N2CCN(C)CC2)n1. The van der Waals surface area contributed by atoms with Gasteiger partial charge in [0.25, 0.3) is 0 Å². The van der Waals surface area contributed by atoms with Gasteiger partial charge in [-0.3, -0.25) is 9.88 Å². The zero-order valence-corrected chi connectivity index (χ0v) is 15.7. The molecule has 0 saturated carbocycles. The normalized spacial score (nSPS) is 17.1. The first-order chi connectivity index (χ1) is 12.0. The van der Waals surface area contributed by atoms with Crippen molar-refractivity contribution in [1.29, 1.82) is 0 Å². The van der Waals surface area contributed by atoms with Gasteiger partial charge in [-0.2, -0.15) is 0 Å². The number of hydrogen-bond acceptors (Lipinski definition) is 6. The van der Waals surface area contributed by atoms with Gasteiger partial charge in [0, 0.05) is 51.0 Å². The number of aryl methyl sites for hydroxylation is 1. The summed E-state index contributed by atoms with van der Waals surface area (Å²) >= 11 is 0. The molecule has 0 bridgehead atoms. The summed E-state index contributed by atoms with van der Waals surface area (Å²) in [5.74, 6) is 1.89. The minimum Gasteiger partial charge on any atom is -0.354 e. The van der Waals surface area contributed by atoms with Gasteiger partial charge >= 0.3 is 0 Å². The Morgan fingerprint density at radius 2 is 1.92 bits per heavy atom. The molecule has 3 heterocycles. The molecule has 0 aromatic carbocycles. The molecule has 25 heavy (non-hydrogen) atoms. The van der Waals surface area contributed by atoms with Gasteiger partial charge in [-0.05, 0) is 40.1 Å². The quantitative estimate of drug-likeness (QED) is 0.831. The van der Waals surface area contributed by atoms with Crippen molar-refractivity contribution in [3.05, 3.63) is 47.7 Å². The molecule has 1 aliphatic heterocycles. The summed E-state index contributed by atoms with van der Waals surface area (Å²) in [6.45, 7) is 9.13.